The number of thioether (sulfide) groups is 2. The first-order chi connectivity index (χ1) is 7.36. The molecule has 0 bridgehead atoms. The summed E-state index contributed by atoms with van der Waals surface area (Å²) in [5.41, 5.74) is 0.688. The maximum absolute atomic E-state index is 12.0. The quantitative estimate of drug-likeness (QED) is 0.647. The summed E-state index contributed by atoms with van der Waals surface area (Å²) in [4.78, 5) is 12.0. The average molecular weight is 236 g/mol. The van der Waals surface area contributed by atoms with Crippen LogP contribution in [-0.2, 0) is 0 Å². The van der Waals surface area contributed by atoms with Gasteiger partial charge in [-0.3, -0.25) is 4.79 Å². The fourth-order valence-corrected chi connectivity index (χ4v) is 4.00. The van der Waals surface area contributed by atoms with Gasteiger partial charge in [0.15, 0.2) is 5.76 Å². The topological polar surface area (TPSA) is 26.3 Å². The Kier molecular flexibility index (Phi) is 2.25. The number of ether oxygens (including phenoxy) is 1. The number of ketones is 1. The lowest BCUT2D eigenvalue weighted by molar-refractivity contribution is 0.101. The molecule has 1 fully saturated rings. The van der Waals surface area contributed by atoms with Crippen molar-refractivity contribution in [2.75, 3.05) is 11.5 Å². The lowest BCUT2D eigenvalue weighted by atomic mass is 10.1. The number of rotatable bonds is 0. The Hall–Kier alpha value is -0.870. The van der Waals surface area contributed by atoms with Crippen molar-refractivity contribution in [2.45, 2.75) is 0 Å². The molecule has 2 heterocycles. The molecule has 15 heavy (non-hydrogen) atoms. The molecular formula is C11H8O2S2. The molecule has 2 nitrogen and oxygen atoms in total. The number of para-hydroxylation sites is 1. The van der Waals surface area contributed by atoms with Crippen LogP contribution in [0.15, 0.2) is 34.3 Å². The largest absolute Gasteiger partial charge is 0.451 e. The van der Waals surface area contributed by atoms with Gasteiger partial charge in [-0.15, -0.1) is 23.5 Å². The monoisotopic (exact) mass is 236 g/mol. The predicted molar refractivity (Wildman–Crippen MR) is 63.3 cm³/mol. The van der Waals surface area contributed by atoms with Crippen LogP contribution in [0.4, 0.5) is 0 Å². The number of benzene rings is 1. The van der Waals surface area contributed by atoms with Crippen molar-refractivity contribution >= 4 is 29.3 Å². The van der Waals surface area contributed by atoms with Crippen molar-refractivity contribution in [3.8, 4) is 5.75 Å². The maximum atomic E-state index is 12.0. The molecule has 0 spiro atoms. The van der Waals surface area contributed by atoms with E-state index in [1.807, 2.05) is 24.3 Å². The summed E-state index contributed by atoms with van der Waals surface area (Å²) in [6, 6.07) is 7.40. The predicted octanol–water partition coefficient (Wildman–Crippen LogP) is 2.91. The Morgan fingerprint density at radius 3 is 2.60 bits per heavy atom. The Labute approximate surface area is 96.1 Å². The first-order valence-corrected chi connectivity index (χ1v) is 6.65. The van der Waals surface area contributed by atoms with Gasteiger partial charge in [0.1, 0.15) is 5.75 Å². The van der Waals surface area contributed by atoms with Crippen LogP contribution in [0.2, 0.25) is 0 Å². The van der Waals surface area contributed by atoms with Gasteiger partial charge in [0.2, 0.25) is 5.78 Å². The van der Waals surface area contributed by atoms with E-state index in [-0.39, 0.29) is 5.78 Å². The SMILES string of the molecule is O=C1C(=C2SCCS2)Oc2ccccc21. The van der Waals surface area contributed by atoms with Gasteiger partial charge >= 0.3 is 0 Å². The Morgan fingerprint density at radius 2 is 1.87 bits per heavy atom. The highest BCUT2D eigenvalue weighted by Gasteiger charge is 2.31. The lowest BCUT2D eigenvalue weighted by Gasteiger charge is -2.00. The van der Waals surface area contributed by atoms with E-state index in [2.05, 4.69) is 0 Å². The molecule has 0 unspecified atom stereocenters. The molecule has 76 valence electrons. The highest BCUT2D eigenvalue weighted by molar-refractivity contribution is 8.25. The van der Waals surface area contributed by atoms with Crippen LogP contribution in [-0.4, -0.2) is 17.3 Å². The van der Waals surface area contributed by atoms with Gasteiger partial charge in [-0.2, -0.15) is 0 Å². The van der Waals surface area contributed by atoms with Gasteiger partial charge in [-0.25, -0.2) is 0 Å². The number of hydrogen-bond acceptors (Lipinski definition) is 4. The fourth-order valence-electron chi connectivity index (χ4n) is 1.60. The molecule has 3 rings (SSSR count). The molecule has 2 aliphatic rings. The molecule has 0 radical (unpaired) electrons. The Morgan fingerprint density at radius 1 is 1.13 bits per heavy atom. The first kappa shape index (κ1) is 9.36. The number of carbonyl (C=O) groups excluding carboxylic acids is 1. The second kappa shape index (κ2) is 3.61. The molecule has 0 N–H and O–H groups in total. The normalized spacial score (nSPS) is 19.3. The van der Waals surface area contributed by atoms with Gasteiger partial charge in [-0.1, -0.05) is 12.1 Å². The third kappa shape index (κ3) is 1.48. The molecule has 0 saturated carbocycles. The molecule has 2 aliphatic heterocycles. The molecule has 1 saturated heterocycles. The average Bonchev–Trinajstić information content (AvgIpc) is 2.87. The first-order valence-electron chi connectivity index (χ1n) is 4.68. The smallest absolute Gasteiger partial charge is 0.233 e. The molecule has 1 aromatic rings. The van der Waals surface area contributed by atoms with E-state index in [9.17, 15) is 4.79 Å². The third-order valence-electron chi connectivity index (χ3n) is 2.28. The zero-order chi connectivity index (χ0) is 10.3. The maximum Gasteiger partial charge on any atom is 0.233 e. The van der Waals surface area contributed by atoms with Crippen LogP contribution in [0.5, 0.6) is 5.75 Å². The van der Waals surface area contributed by atoms with Gasteiger partial charge < -0.3 is 4.74 Å². The minimum Gasteiger partial charge on any atom is -0.451 e. The summed E-state index contributed by atoms with van der Waals surface area (Å²) in [7, 11) is 0. The highest BCUT2D eigenvalue weighted by atomic mass is 32.2. The molecule has 1 aromatic carbocycles. The highest BCUT2D eigenvalue weighted by Crippen LogP contribution is 2.43. The Balaban J connectivity index is 2.06. The minimum absolute atomic E-state index is 0.0301. The van der Waals surface area contributed by atoms with E-state index in [4.69, 9.17) is 4.74 Å². The van der Waals surface area contributed by atoms with Crippen LogP contribution in [0, 0.1) is 0 Å². The molecule has 0 atom stereocenters. The third-order valence-corrected chi connectivity index (χ3v) is 4.96. The number of Topliss-reactive ketones (excluding diaryl/α,β-unsaturated/α-hetero) is 1. The zero-order valence-corrected chi connectivity index (χ0v) is 9.49. The van der Waals surface area contributed by atoms with Crippen LogP contribution in [0.3, 0.4) is 0 Å². The summed E-state index contributed by atoms with van der Waals surface area (Å²) in [6.07, 6.45) is 0. The van der Waals surface area contributed by atoms with E-state index >= 15 is 0 Å². The minimum atomic E-state index is 0.0301. The van der Waals surface area contributed by atoms with E-state index < -0.39 is 0 Å². The molecule has 0 aliphatic carbocycles. The van der Waals surface area contributed by atoms with Crippen molar-refractivity contribution in [2.24, 2.45) is 0 Å². The number of allylic oxidation sites excluding steroid dienone is 1. The van der Waals surface area contributed by atoms with Crippen LogP contribution in [0.1, 0.15) is 10.4 Å². The second-order valence-corrected chi connectivity index (χ2v) is 5.71. The van der Waals surface area contributed by atoms with Crippen molar-refractivity contribution in [3.05, 3.63) is 39.8 Å². The summed E-state index contributed by atoms with van der Waals surface area (Å²) >= 11 is 3.42. The van der Waals surface area contributed by atoms with Gasteiger partial charge in [0.05, 0.1) is 9.80 Å². The van der Waals surface area contributed by atoms with Crippen molar-refractivity contribution in [1.82, 2.24) is 0 Å². The number of hydrogen-bond donors (Lipinski definition) is 0. The lowest BCUT2D eigenvalue weighted by Crippen LogP contribution is -1.99. The van der Waals surface area contributed by atoms with Gasteiger partial charge in [0.25, 0.3) is 0 Å². The molecule has 0 amide bonds. The van der Waals surface area contributed by atoms with Crippen molar-refractivity contribution in [3.63, 3.8) is 0 Å². The summed E-state index contributed by atoms with van der Waals surface area (Å²) in [6.45, 7) is 0. The van der Waals surface area contributed by atoms with Crippen LogP contribution >= 0.6 is 23.5 Å². The van der Waals surface area contributed by atoms with Gasteiger partial charge in [0, 0.05) is 11.5 Å². The number of carbonyl (C=O) groups is 1. The van der Waals surface area contributed by atoms with E-state index in [1.54, 1.807) is 23.5 Å². The van der Waals surface area contributed by atoms with E-state index in [1.165, 1.54) is 0 Å². The van der Waals surface area contributed by atoms with Gasteiger partial charge in [-0.05, 0) is 12.1 Å². The second-order valence-electron chi connectivity index (χ2n) is 3.24. The molecule has 0 aromatic heterocycles. The standard InChI is InChI=1S/C11H8O2S2/c12-9-7-3-1-2-4-8(7)13-10(9)11-14-5-6-15-11/h1-4H,5-6H2. The summed E-state index contributed by atoms with van der Waals surface area (Å²) in [5, 5.41) is 0. The van der Waals surface area contributed by atoms with Crippen LogP contribution in [0.25, 0.3) is 0 Å². The zero-order valence-electron chi connectivity index (χ0n) is 7.86. The summed E-state index contributed by atoms with van der Waals surface area (Å²) < 4.78 is 6.63. The molecular weight excluding hydrogens is 228 g/mol. The number of fused-ring (bicyclic) bond motifs is 1. The van der Waals surface area contributed by atoms with Crippen LogP contribution < -0.4 is 4.74 Å². The molecule has 4 heteroatoms. The fraction of sp³-hybridized carbons (Fsp3) is 0.182. The van der Waals surface area contributed by atoms with E-state index in [0.717, 1.165) is 15.7 Å². The van der Waals surface area contributed by atoms with Crippen molar-refractivity contribution < 1.29 is 9.53 Å². The van der Waals surface area contributed by atoms with E-state index in [0.29, 0.717) is 17.1 Å². The summed E-state index contributed by atoms with van der Waals surface area (Å²) in [5.74, 6) is 3.39. The Bertz CT molecular complexity index is 457. The van der Waals surface area contributed by atoms with Crippen molar-refractivity contribution in [1.29, 1.82) is 0 Å².